The maximum Gasteiger partial charge on any atom is 0.418 e. The lowest BCUT2D eigenvalue weighted by molar-refractivity contribution is -0.136. The van der Waals surface area contributed by atoms with E-state index in [2.05, 4.69) is 26.2 Å². The Balaban J connectivity index is 2.32. The van der Waals surface area contributed by atoms with Gasteiger partial charge in [0.2, 0.25) is 0 Å². The highest BCUT2D eigenvalue weighted by Gasteiger charge is 2.34. The zero-order valence-corrected chi connectivity index (χ0v) is 13.4. The number of hydrogen-bond acceptors (Lipinski definition) is 3. The van der Waals surface area contributed by atoms with Gasteiger partial charge < -0.3 is 5.32 Å². The highest BCUT2D eigenvalue weighted by atomic mass is 79.9. The lowest BCUT2D eigenvalue weighted by atomic mass is 10.0. The molecule has 1 aromatic rings. The van der Waals surface area contributed by atoms with Crippen LogP contribution in [0.4, 0.5) is 18.9 Å². The number of hydrogen-bond donors (Lipinski definition) is 1. The molecule has 0 saturated heterocycles. The van der Waals surface area contributed by atoms with Crippen molar-refractivity contribution in [3.63, 3.8) is 0 Å². The molecule has 1 N–H and O–H groups in total. The Kier molecular flexibility index (Phi) is 4.39. The fourth-order valence-electron chi connectivity index (χ4n) is 1.80. The summed E-state index contributed by atoms with van der Waals surface area (Å²) in [5, 5.41) is 3.35. The number of rotatable bonds is 1. The number of amidine groups is 1. The molecule has 1 aliphatic heterocycles. The van der Waals surface area contributed by atoms with E-state index in [0.717, 1.165) is 18.2 Å². The maximum absolute atomic E-state index is 13.0. The topological polar surface area (TPSA) is 24.4 Å². The van der Waals surface area contributed by atoms with Crippen molar-refractivity contribution in [2.75, 3.05) is 11.1 Å². The van der Waals surface area contributed by atoms with Gasteiger partial charge in [-0.2, -0.15) is 13.2 Å². The summed E-state index contributed by atoms with van der Waals surface area (Å²) < 4.78 is 39.5. The van der Waals surface area contributed by atoms with Crippen molar-refractivity contribution in [1.29, 1.82) is 0 Å². The second kappa shape index (κ2) is 5.60. The van der Waals surface area contributed by atoms with Crippen molar-refractivity contribution in [3.05, 3.63) is 28.2 Å². The van der Waals surface area contributed by atoms with Crippen molar-refractivity contribution < 1.29 is 13.2 Å². The number of nitrogens with one attached hydrogen (secondary N) is 1. The Morgan fingerprint density at radius 3 is 2.65 bits per heavy atom. The molecule has 0 spiro atoms. The number of halogens is 4. The van der Waals surface area contributed by atoms with E-state index in [-0.39, 0.29) is 11.2 Å². The second-order valence-corrected chi connectivity index (χ2v) is 7.14. The summed E-state index contributed by atoms with van der Waals surface area (Å²) in [5.41, 5.74) is -0.898. The van der Waals surface area contributed by atoms with Gasteiger partial charge in [-0.3, -0.25) is 4.99 Å². The average Bonchev–Trinajstić information content (AvgIpc) is 2.29. The van der Waals surface area contributed by atoms with Gasteiger partial charge in [-0.15, -0.1) is 0 Å². The Morgan fingerprint density at radius 2 is 2.05 bits per heavy atom. The van der Waals surface area contributed by atoms with Gasteiger partial charge in [-0.05, 0) is 38.5 Å². The molecular formula is C13H14BrF3N2S. The Labute approximate surface area is 128 Å². The van der Waals surface area contributed by atoms with Crippen LogP contribution in [0.15, 0.2) is 27.7 Å². The van der Waals surface area contributed by atoms with E-state index < -0.39 is 11.7 Å². The van der Waals surface area contributed by atoms with Gasteiger partial charge >= 0.3 is 6.18 Å². The lowest BCUT2D eigenvalue weighted by Gasteiger charge is -2.27. The van der Waals surface area contributed by atoms with Crippen LogP contribution in [-0.4, -0.2) is 16.5 Å². The summed E-state index contributed by atoms with van der Waals surface area (Å²) in [6.07, 6.45) is -3.49. The lowest BCUT2D eigenvalue weighted by Crippen LogP contribution is -2.27. The molecule has 7 heteroatoms. The van der Waals surface area contributed by atoms with Crippen LogP contribution < -0.4 is 5.32 Å². The molecule has 0 fully saturated rings. The second-order valence-electron chi connectivity index (χ2n) is 5.14. The van der Waals surface area contributed by atoms with Crippen LogP contribution in [0.5, 0.6) is 0 Å². The molecule has 2 rings (SSSR count). The SMILES string of the molecule is CC1(C)CCSC(Nc2ccc(Br)cc2C(F)(F)F)=N1. The zero-order valence-electron chi connectivity index (χ0n) is 11.0. The fraction of sp³-hybridized carbons (Fsp3) is 0.462. The van der Waals surface area contributed by atoms with Crippen LogP contribution >= 0.6 is 27.7 Å². The van der Waals surface area contributed by atoms with Crippen molar-refractivity contribution >= 4 is 38.5 Å². The quantitative estimate of drug-likeness (QED) is 0.742. The summed E-state index contributed by atoms with van der Waals surface area (Å²) in [6, 6.07) is 4.07. The number of alkyl halides is 3. The maximum atomic E-state index is 13.0. The van der Waals surface area contributed by atoms with E-state index in [0.29, 0.717) is 9.64 Å². The van der Waals surface area contributed by atoms with Gasteiger partial charge in [0.1, 0.15) is 0 Å². The molecule has 0 unspecified atom stereocenters. The number of nitrogens with zero attached hydrogens (tertiary/aromatic N) is 1. The molecule has 0 radical (unpaired) electrons. The smallest absolute Gasteiger partial charge is 0.334 e. The molecule has 0 saturated carbocycles. The molecule has 110 valence electrons. The van der Waals surface area contributed by atoms with Crippen LogP contribution in [0.2, 0.25) is 0 Å². The van der Waals surface area contributed by atoms with Crippen LogP contribution in [0.3, 0.4) is 0 Å². The van der Waals surface area contributed by atoms with E-state index in [4.69, 9.17) is 0 Å². The van der Waals surface area contributed by atoms with Crippen molar-refractivity contribution in [1.82, 2.24) is 0 Å². The molecule has 20 heavy (non-hydrogen) atoms. The van der Waals surface area contributed by atoms with Crippen molar-refractivity contribution in [3.8, 4) is 0 Å². The van der Waals surface area contributed by atoms with Gasteiger partial charge in [-0.25, -0.2) is 0 Å². The molecular weight excluding hydrogens is 353 g/mol. The highest BCUT2D eigenvalue weighted by molar-refractivity contribution is 9.10. The molecule has 0 aromatic heterocycles. The minimum absolute atomic E-state index is 0.0321. The molecule has 0 atom stereocenters. The first-order chi connectivity index (χ1) is 9.17. The Morgan fingerprint density at radius 1 is 1.35 bits per heavy atom. The van der Waals surface area contributed by atoms with Gasteiger partial charge in [0.15, 0.2) is 5.17 Å². The minimum atomic E-state index is -4.40. The monoisotopic (exact) mass is 366 g/mol. The predicted octanol–water partition coefficient (Wildman–Crippen LogP) is 5.15. The average molecular weight is 367 g/mol. The van der Waals surface area contributed by atoms with E-state index in [9.17, 15) is 13.2 Å². The summed E-state index contributed by atoms with van der Waals surface area (Å²) in [5.74, 6) is 0.844. The van der Waals surface area contributed by atoms with Crippen molar-refractivity contribution in [2.24, 2.45) is 4.99 Å². The Bertz CT molecular complexity index is 541. The highest BCUT2D eigenvalue weighted by Crippen LogP contribution is 2.37. The third kappa shape index (κ3) is 3.91. The number of thioether (sulfide) groups is 1. The standard InChI is InChI=1S/C13H14BrF3N2S/c1-12(2)5-6-20-11(19-12)18-10-4-3-8(14)7-9(10)13(15,16)17/h3-4,7H,5-6H2,1-2H3,(H,18,19). The van der Waals surface area contributed by atoms with E-state index >= 15 is 0 Å². The van der Waals surface area contributed by atoms with Crippen LogP contribution in [-0.2, 0) is 6.18 Å². The van der Waals surface area contributed by atoms with E-state index in [1.54, 1.807) is 6.07 Å². The molecule has 1 heterocycles. The van der Waals surface area contributed by atoms with Crippen LogP contribution in [0.25, 0.3) is 0 Å². The predicted molar refractivity (Wildman–Crippen MR) is 81.4 cm³/mol. The zero-order chi connectivity index (χ0) is 15.0. The molecule has 1 aliphatic rings. The normalized spacial score (nSPS) is 18.6. The molecule has 0 aliphatic carbocycles. The third-order valence-corrected chi connectivity index (χ3v) is 4.25. The minimum Gasteiger partial charge on any atom is -0.334 e. The molecule has 0 bridgehead atoms. The molecule has 0 amide bonds. The number of benzene rings is 1. The van der Waals surface area contributed by atoms with Gasteiger partial charge in [-0.1, -0.05) is 27.7 Å². The van der Waals surface area contributed by atoms with Gasteiger partial charge in [0, 0.05) is 10.2 Å². The van der Waals surface area contributed by atoms with E-state index in [1.807, 2.05) is 13.8 Å². The summed E-state index contributed by atoms with van der Waals surface area (Å²) in [6.45, 7) is 3.95. The summed E-state index contributed by atoms with van der Waals surface area (Å²) in [7, 11) is 0. The first-order valence-corrected chi connectivity index (χ1v) is 7.82. The molecule has 1 aromatic carbocycles. The molecule has 2 nitrogen and oxygen atoms in total. The first-order valence-electron chi connectivity index (χ1n) is 6.04. The summed E-state index contributed by atoms with van der Waals surface area (Å²) >= 11 is 4.51. The van der Waals surface area contributed by atoms with Crippen LogP contribution in [0, 0.1) is 0 Å². The number of aliphatic imine (C=N–C) groups is 1. The van der Waals surface area contributed by atoms with Crippen LogP contribution in [0.1, 0.15) is 25.8 Å². The third-order valence-electron chi connectivity index (χ3n) is 2.89. The van der Waals surface area contributed by atoms with E-state index in [1.165, 1.54) is 17.8 Å². The summed E-state index contributed by atoms with van der Waals surface area (Å²) in [4.78, 5) is 4.44. The number of anilines is 1. The fourth-order valence-corrected chi connectivity index (χ4v) is 3.45. The Hall–Kier alpha value is -0.690. The largest absolute Gasteiger partial charge is 0.418 e. The van der Waals surface area contributed by atoms with Gasteiger partial charge in [0.25, 0.3) is 0 Å². The van der Waals surface area contributed by atoms with Crippen molar-refractivity contribution in [2.45, 2.75) is 32.0 Å². The first kappa shape index (κ1) is 15.7. The van der Waals surface area contributed by atoms with Gasteiger partial charge in [0.05, 0.1) is 16.8 Å².